The van der Waals surface area contributed by atoms with E-state index in [-0.39, 0.29) is 17.7 Å². The molecule has 1 aliphatic rings. The number of hydrogen-bond donors (Lipinski definition) is 2. The smallest absolute Gasteiger partial charge is 0.255 e. The highest BCUT2D eigenvalue weighted by Crippen LogP contribution is 2.25. The van der Waals surface area contributed by atoms with Crippen LogP contribution in [0.3, 0.4) is 0 Å². The molecule has 182 valence electrons. The van der Waals surface area contributed by atoms with Gasteiger partial charge in [0.2, 0.25) is 5.91 Å². The fourth-order valence-corrected chi connectivity index (χ4v) is 4.05. The van der Waals surface area contributed by atoms with E-state index in [0.717, 1.165) is 17.3 Å². The summed E-state index contributed by atoms with van der Waals surface area (Å²) in [6, 6.07) is 18.1. The maximum atomic E-state index is 12.8. The van der Waals surface area contributed by atoms with Crippen LogP contribution in [-0.2, 0) is 4.79 Å². The molecule has 0 unspecified atom stereocenters. The Hall–Kier alpha value is -4.07. The number of nitrogens with one attached hydrogen (secondary N) is 2. The number of anilines is 3. The van der Waals surface area contributed by atoms with Crippen LogP contribution >= 0.6 is 0 Å². The normalized spacial score (nSPS) is 13.7. The van der Waals surface area contributed by atoms with Crippen LogP contribution in [0.5, 0.6) is 11.5 Å². The van der Waals surface area contributed by atoms with Crippen molar-refractivity contribution in [2.24, 2.45) is 5.92 Å². The second-order valence-electron chi connectivity index (χ2n) is 8.30. The molecule has 2 amide bonds. The van der Waals surface area contributed by atoms with Crippen molar-refractivity contribution in [3.05, 3.63) is 72.4 Å². The third-order valence-corrected chi connectivity index (χ3v) is 5.96. The average Bonchev–Trinajstić information content (AvgIpc) is 2.90. The summed E-state index contributed by atoms with van der Waals surface area (Å²) < 4.78 is 10.7. The van der Waals surface area contributed by atoms with Gasteiger partial charge in [0.15, 0.2) is 0 Å². The summed E-state index contributed by atoms with van der Waals surface area (Å²) in [5.41, 5.74) is 1.95. The maximum absolute atomic E-state index is 12.8. The van der Waals surface area contributed by atoms with E-state index in [0.29, 0.717) is 49.5 Å². The van der Waals surface area contributed by atoms with E-state index in [1.54, 1.807) is 31.5 Å². The molecule has 0 saturated carbocycles. The third kappa shape index (κ3) is 6.29. The molecule has 4 rings (SSSR count). The van der Waals surface area contributed by atoms with Gasteiger partial charge in [-0.3, -0.25) is 9.59 Å². The number of carbonyl (C=O) groups excluding carboxylic acids is 2. The quantitative estimate of drug-likeness (QED) is 0.496. The first-order chi connectivity index (χ1) is 17.1. The van der Waals surface area contributed by atoms with E-state index in [1.807, 2.05) is 49.4 Å². The molecule has 0 aliphatic carbocycles. The first-order valence-electron chi connectivity index (χ1n) is 11.8. The highest BCUT2D eigenvalue weighted by molar-refractivity contribution is 6.04. The van der Waals surface area contributed by atoms with Crippen LogP contribution in [0.15, 0.2) is 66.9 Å². The van der Waals surface area contributed by atoms with Gasteiger partial charge < -0.3 is 25.0 Å². The number of nitrogens with zero attached hydrogens (tertiary/aromatic N) is 2. The number of benzene rings is 2. The Balaban J connectivity index is 1.32. The van der Waals surface area contributed by atoms with Crippen LogP contribution in [-0.4, -0.2) is 43.6 Å². The monoisotopic (exact) mass is 474 g/mol. The summed E-state index contributed by atoms with van der Waals surface area (Å²) in [5.74, 6) is 1.92. The van der Waals surface area contributed by atoms with Crippen molar-refractivity contribution in [1.29, 1.82) is 0 Å². The zero-order valence-corrected chi connectivity index (χ0v) is 20.0. The van der Waals surface area contributed by atoms with Gasteiger partial charge in [0, 0.05) is 48.2 Å². The molecule has 3 aromatic rings. The lowest BCUT2D eigenvalue weighted by atomic mass is 9.95. The highest BCUT2D eigenvalue weighted by Gasteiger charge is 2.26. The second-order valence-corrected chi connectivity index (χ2v) is 8.30. The first kappa shape index (κ1) is 24.1. The largest absolute Gasteiger partial charge is 0.497 e. The third-order valence-electron chi connectivity index (χ3n) is 5.96. The van der Waals surface area contributed by atoms with E-state index in [4.69, 9.17) is 9.47 Å². The number of hydrogen-bond acceptors (Lipinski definition) is 6. The van der Waals surface area contributed by atoms with Crippen molar-refractivity contribution in [2.45, 2.75) is 19.8 Å². The van der Waals surface area contributed by atoms with Crippen LogP contribution in [0, 0.1) is 5.92 Å². The van der Waals surface area contributed by atoms with E-state index in [1.165, 1.54) is 0 Å². The minimum Gasteiger partial charge on any atom is -0.497 e. The Labute approximate surface area is 205 Å². The summed E-state index contributed by atoms with van der Waals surface area (Å²) in [6.07, 6.45) is 3.06. The number of piperidine rings is 1. The summed E-state index contributed by atoms with van der Waals surface area (Å²) in [5, 5.41) is 5.89. The van der Waals surface area contributed by atoms with Crippen molar-refractivity contribution >= 4 is 29.0 Å². The summed E-state index contributed by atoms with van der Waals surface area (Å²) in [6.45, 7) is 3.90. The van der Waals surface area contributed by atoms with Crippen molar-refractivity contribution < 1.29 is 19.1 Å². The molecule has 1 fully saturated rings. The second kappa shape index (κ2) is 11.4. The lowest BCUT2D eigenvalue weighted by Gasteiger charge is -2.32. The molecule has 1 aliphatic heterocycles. The molecule has 0 bridgehead atoms. The number of ether oxygens (including phenoxy) is 2. The predicted octanol–water partition coefficient (Wildman–Crippen LogP) is 4.60. The lowest BCUT2D eigenvalue weighted by Crippen LogP contribution is -2.38. The number of methoxy groups -OCH3 is 1. The minimum atomic E-state index is -0.203. The van der Waals surface area contributed by atoms with Gasteiger partial charge >= 0.3 is 0 Å². The molecule has 8 nitrogen and oxygen atoms in total. The number of aromatic nitrogens is 1. The van der Waals surface area contributed by atoms with Crippen LogP contribution in [0.25, 0.3) is 0 Å². The summed E-state index contributed by atoms with van der Waals surface area (Å²) in [7, 11) is 1.60. The molecule has 2 heterocycles. The van der Waals surface area contributed by atoms with Gasteiger partial charge in [-0.1, -0.05) is 6.07 Å². The van der Waals surface area contributed by atoms with Crippen molar-refractivity contribution in [3.63, 3.8) is 0 Å². The van der Waals surface area contributed by atoms with Gasteiger partial charge in [-0.2, -0.15) is 0 Å². The SMILES string of the molecule is CCOc1ccc(NC(=O)c2ccnc(N3CCC(C(=O)Nc4cccc(OC)c4)CC3)c2)cc1. The molecule has 35 heavy (non-hydrogen) atoms. The zero-order valence-electron chi connectivity index (χ0n) is 20.0. The molecular weight excluding hydrogens is 444 g/mol. The maximum Gasteiger partial charge on any atom is 0.255 e. The van der Waals surface area contributed by atoms with Gasteiger partial charge in [0.25, 0.3) is 5.91 Å². The van der Waals surface area contributed by atoms with Gasteiger partial charge in [-0.25, -0.2) is 4.98 Å². The topological polar surface area (TPSA) is 92.8 Å². The number of carbonyl (C=O) groups is 2. The van der Waals surface area contributed by atoms with Crippen LogP contribution in [0.4, 0.5) is 17.2 Å². The Kier molecular flexibility index (Phi) is 7.82. The standard InChI is InChI=1S/C27H30N4O4/c1-3-35-23-9-7-21(8-10-23)29-27(33)20-11-14-28-25(17-20)31-15-12-19(13-16-31)26(32)30-22-5-4-6-24(18-22)34-2/h4-11,14,17-19H,3,12-13,15-16H2,1-2H3,(H,29,33)(H,30,32). The van der Waals surface area contributed by atoms with E-state index in [2.05, 4.69) is 20.5 Å². The van der Waals surface area contributed by atoms with E-state index >= 15 is 0 Å². The van der Waals surface area contributed by atoms with E-state index < -0.39 is 0 Å². The fraction of sp³-hybridized carbons (Fsp3) is 0.296. The Bertz CT molecular complexity index is 1160. The predicted molar refractivity (Wildman–Crippen MR) is 136 cm³/mol. The summed E-state index contributed by atoms with van der Waals surface area (Å²) in [4.78, 5) is 32.1. The lowest BCUT2D eigenvalue weighted by molar-refractivity contribution is -0.120. The van der Waals surface area contributed by atoms with Crippen LogP contribution < -0.4 is 25.0 Å². The first-order valence-corrected chi connectivity index (χ1v) is 11.8. The van der Waals surface area contributed by atoms with E-state index in [9.17, 15) is 9.59 Å². The molecule has 2 aromatic carbocycles. The van der Waals surface area contributed by atoms with Crippen molar-refractivity contribution in [3.8, 4) is 11.5 Å². The number of rotatable bonds is 8. The van der Waals surface area contributed by atoms with Crippen LogP contribution in [0.2, 0.25) is 0 Å². The van der Waals surface area contributed by atoms with Gasteiger partial charge in [0.05, 0.1) is 13.7 Å². The van der Waals surface area contributed by atoms with Gasteiger partial charge in [-0.15, -0.1) is 0 Å². The van der Waals surface area contributed by atoms with Crippen molar-refractivity contribution in [1.82, 2.24) is 4.98 Å². The molecule has 0 atom stereocenters. The van der Waals surface area contributed by atoms with Gasteiger partial charge in [-0.05, 0) is 68.3 Å². The van der Waals surface area contributed by atoms with Crippen molar-refractivity contribution in [2.75, 3.05) is 42.3 Å². The molecule has 0 radical (unpaired) electrons. The average molecular weight is 475 g/mol. The minimum absolute atomic E-state index is 0.00865. The Morgan fingerprint density at radius 1 is 0.971 bits per heavy atom. The number of pyridine rings is 1. The molecule has 2 N–H and O–H groups in total. The molecule has 0 spiro atoms. The zero-order chi connectivity index (χ0) is 24.6. The highest BCUT2D eigenvalue weighted by atomic mass is 16.5. The fourth-order valence-electron chi connectivity index (χ4n) is 4.05. The molecule has 1 aromatic heterocycles. The molecule has 8 heteroatoms. The summed E-state index contributed by atoms with van der Waals surface area (Å²) >= 11 is 0. The van der Waals surface area contributed by atoms with Gasteiger partial charge in [0.1, 0.15) is 17.3 Å². The Morgan fingerprint density at radius 2 is 1.74 bits per heavy atom. The Morgan fingerprint density at radius 3 is 2.46 bits per heavy atom. The van der Waals surface area contributed by atoms with Crippen LogP contribution in [0.1, 0.15) is 30.1 Å². The number of amides is 2. The molecule has 1 saturated heterocycles. The molecular formula is C27H30N4O4.